The number of rotatable bonds is 11. The van der Waals surface area contributed by atoms with E-state index in [0.29, 0.717) is 12.5 Å². The SMILES string of the molecule is CCCCCCCCCCN1CCNCC1CC=O. The molecule has 1 unspecified atom stereocenters. The van der Waals surface area contributed by atoms with Gasteiger partial charge in [0, 0.05) is 32.1 Å². The van der Waals surface area contributed by atoms with E-state index in [2.05, 4.69) is 17.1 Å². The van der Waals surface area contributed by atoms with Crippen molar-refractivity contribution in [2.45, 2.75) is 70.8 Å². The van der Waals surface area contributed by atoms with Gasteiger partial charge in [-0.3, -0.25) is 4.90 Å². The van der Waals surface area contributed by atoms with Crippen LogP contribution < -0.4 is 5.32 Å². The number of carbonyl (C=O) groups is 1. The largest absolute Gasteiger partial charge is 0.314 e. The van der Waals surface area contributed by atoms with Crippen molar-refractivity contribution in [1.29, 1.82) is 0 Å². The van der Waals surface area contributed by atoms with Gasteiger partial charge in [0.1, 0.15) is 6.29 Å². The van der Waals surface area contributed by atoms with Gasteiger partial charge < -0.3 is 10.1 Å². The zero-order valence-electron chi connectivity index (χ0n) is 12.7. The molecule has 1 rings (SSSR count). The standard InChI is InChI=1S/C16H32N2O/c1-2-3-4-5-6-7-8-9-12-18-13-11-17-15-16(18)10-14-19/h14,16-17H,2-13,15H2,1H3. The van der Waals surface area contributed by atoms with Crippen molar-refractivity contribution >= 4 is 6.29 Å². The summed E-state index contributed by atoms with van der Waals surface area (Å²) in [5.41, 5.74) is 0. The molecule has 1 saturated heterocycles. The van der Waals surface area contributed by atoms with E-state index in [1.807, 2.05) is 0 Å². The fourth-order valence-corrected chi connectivity index (χ4v) is 2.89. The predicted molar refractivity (Wildman–Crippen MR) is 81.5 cm³/mol. The normalized spacial score (nSPS) is 20.6. The van der Waals surface area contributed by atoms with Crippen LogP contribution in [0.25, 0.3) is 0 Å². The molecule has 19 heavy (non-hydrogen) atoms. The summed E-state index contributed by atoms with van der Waals surface area (Å²) in [5, 5.41) is 3.38. The minimum Gasteiger partial charge on any atom is -0.314 e. The van der Waals surface area contributed by atoms with Crippen LogP contribution in [-0.2, 0) is 4.79 Å². The lowest BCUT2D eigenvalue weighted by Gasteiger charge is -2.35. The maximum atomic E-state index is 10.7. The molecule has 0 aliphatic carbocycles. The summed E-state index contributed by atoms with van der Waals surface area (Å²) >= 11 is 0. The molecule has 0 bridgehead atoms. The second-order valence-electron chi connectivity index (χ2n) is 5.77. The molecule has 1 aliphatic rings. The number of nitrogens with one attached hydrogen (secondary N) is 1. The lowest BCUT2D eigenvalue weighted by Crippen LogP contribution is -2.51. The molecule has 1 fully saturated rings. The molecule has 0 aromatic rings. The van der Waals surface area contributed by atoms with Crippen LogP contribution in [0.5, 0.6) is 0 Å². The molecule has 1 aliphatic heterocycles. The average molecular weight is 268 g/mol. The number of unbranched alkanes of at least 4 members (excludes halogenated alkanes) is 7. The molecule has 112 valence electrons. The van der Waals surface area contributed by atoms with Gasteiger partial charge in [0.15, 0.2) is 0 Å². The van der Waals surface area contributed by atoms with Gasteiger partial charge in [-0.2, -0.15) is 0 Å². The van der Waals surface area contributed by atoms with E-state index >= 15 is 0 Å². The Morgan fingerprint density at radius 3 is 2.47 bits per heavy atom. The van der Waals surface area contributed by atoms with Crippen LogP contribution in [-0.4, -0.2) is 43.4 Å². The zero-order valence-corrected chi connectivity index (χ0v) is 12.7. The minimum atomic E-state index is 0.441. The van der Waals surface area contributed by atoms with E-state index in [1.165, 1.54) is 57.9 Å². The minimum absolute atomic E-state index is 0.441. The maximum absolute atomic E-state index is 10.7. The first-order valence-electron chi connectivity index (χ1n) is 8.27. The first-order valence-corrected chi connectivity index (χ1v) is 8.27. The molecule has 3 nitrogen and oxygen atoms in total. The van der Waals surface area contributed by atoms with Gasteiger partial charge in [-0.1, -0.05) is 51.9 Å². The van der Waals surface area contributed by atoms with Crippen molar-refractivity contribution in [1.82, 2.24) is 10.2 Å². The predicted octanol–water partition coefficient (Wildman–Crippen LogP) is 2.99. The third-order valence-electron chi connectivity index (χ3n) is 4.14. The van der Waals surface area contributed by atoms with Gasteiger partial charge in [-0.15, -0.1) is 0 Å². The molecule has 0 spiro atoms. The molecular formula is C16H32N2O. The second-order valence-corrected chi connectivity index (χ2v) is 5.77. The van der Waals surface area contributed by atoms with E-state index in [1.54, 1.807) is 0 Å². The topological polar surface area (TPSA) is 32.3 Å². The number of hydrogen-bond donors (Lipinski definition) is 1. The number of hydrogen-bond acceptors (Lipinski definition) is 3. The Labute approximate surface area is 119 Å². The lowest BCUT2D eigenvalue weighted by molar-refractivity contribution is -0.109. The second kappa shape index (κ2) is 11.4. The van der Waals surface area contributed by atoms with E-state index in [4.69, 9.17) is 0 Å². The molecule has 1 heterocycles. The summed E-state index contributed by atoms with van der Waals surface area (Å²) in [4.78, 5) is 13.2. The molecule has 0 amide bonds. The van der Waals surface area contributed by atoms with Crippen LogP contribution in [0.1, 0.15) is 64.7 Å². The van der Waals surface area contributed by atoms with Gasteiger partial charge in [0.2, 0.25) is 0 Å². The number of carbonyl (C=O) groups excluding carboxylic acids is 1. The van der Waals surface area contributed by atoms with E-state index in [0.717, 1.165) is 25.9 Å². The fourth-order valence-electron chi connectivity index (χ4n) is 2.89. The van der Waals surface area contributed by atoms with Crippen molar-refractivity contribution in [2.24, 2.45) is 0 Å². The summed E-state index contributed by atoms with van der Waals surface area (Å²) in [5.74, 6) is 0. The van der Waals surface area contributed by atoms with Crippen molar-refractivity contribution < 1.29 is 4.79 Å². The number of aldehydes is 1. The third-order valence-corrected chi connectivity index (χ3v) is 4.14. The molecule has 1 atom stereocenters. The van der Waals surface area contributed by atoms with Crippen LogP contribution in [0, 0.1) is 0 Å². The Morgan fingerprint density at radius 1 is 1.11 bits per heavy atom. The van der Waals surface area contributed by atoms with Crippen LogP contribution in [0.3, 0.4) is 0 Å². The Bertz CT molecular complexity index is 221. The molecule has 0 aromatic heterocycles. The highest BCUT2D eigenvalue weighted by atomic mass is 16.1. The molecule has 0 aromatic carbocycles. The molecule has 0 radical (unpaired) electrons. The van der Waals surface area contributed by atoms with Crippen LogP contribution >= 0.6 is 0 Å². The van der Waals surface area contributed by atoms with Crippen molar-refractivity contribution in [3.05, 3.63) is 0 Å². The van der Waals surface area contributed by atoms with Gasteiger partial charge >= 0.3 is 0 Å². The summed E-state index contributed by atoms with van der Waals surface area (Å²) in [7, 11) is 0. The third kappa shape index (κ3) is 7.68. The lowest BCUT2D eigenvalue weighted by atomic mass is 10.1. The summed E-state index contributed by atoms with van der Waals surface area (Å²) in [6.45, 7) is 6.61. The average Bonchev–Trinajstić information content (AvgIpc) is 2.44. The van der Waals surface area contributed by atoms with E-state index in [9.17, 15) is 4.79 Å². The number of piperazine rings is 1. The van der Waals surface area contributed by atoms with Crippen molar-refractivity contribution in [3.8, 4) is 0 Å². The molecule has 0 saturated carbocycles. The Morgan fingerprint density at radius 2 is 1.79 bits per heavy atom. The Balaban J connectivity index is 1.99. The van der Waals surface area contributed by atoms with Gasteiger partial charge in [0.05, 0.1) is 0 Å². The monoisotopic (exact) mass is 268 g/mol. The van der Waals surface area contributed by atoms with Crippen LogP contribution in [0.15, 0.2) is 0 Å². The van der Waals surface area contributed by atoms with Crippen LogP contribution in [0.2, 0.25) is 0 Å². The Hall–Kier alpha value is -0.410. The van der Waals surface area contributed by atoms with Crippen molar-refractivity contribution in [2.75, 3.05) is 26.2 Å². The highest BCUT2D eigenvalue weighted by molar-refractivity contribution is 5.50. The molecular weight excluding hydrogens is 236 g/mol. The first-order chi connectivity index (χ1) is 9.38. The molecule has 1 N–H and O–H groups in total. The van der Waals surface area contributed by atoms with E-state index in [-0.39, 0.29) is 0 Å². The summed E-state index contributed by atoms with van der Waals surface area (Å²) < 4.78 is 0. The quantitative estimate of drug-likeness (QED) is 0.462. The number of nitrogens with zero attached hydrogens (tertiary/aromatic N) is 1. The van der Waals surface area contributed by atoms with Crippen LogP contribution in [0.4, 0.5) is 0 Å². The maximum Gasteiger partial charge on any atom is 0.121 e. The van der Waals surface area contributed by atoms with E-state index < -0.39 is 0 Å². The van der Waals surface area contributed by atoms with Crippen molar-refractivity contribution in [3.63, 3.8) is 0 Å². The molecule has 3 heteroatoms. The van der Waals surface area contributed by atoms with Gasteiger partial charge in [0.25, 0.3) is 0 Å². The van der Waals surface area contributed by atoms with Gasteiger partial charge in [-0.05, 0) is 13.0 Å². The highest BCUT2D eigenvalue weighted by Crippen LogP contribution is 2.11. The summed E-state index contributed by atoms with van der Waals surface area (Å²) in [6.07, 6.45) is 12.7. The van der Waals surface area contributed by atoms with Gasteiger partial charge in [-0.25, -0.2) is 0 Å². The fraction of sp³-hybridized carbons (Fsp3) is 0.938. The Kier molecular flexibility index (Phi) is 10.0. The smallest absolute Gasteiger partial charge is 0.121 e. The zero-order chi connectivity index (χ0) is 13.8. The highest BCUT2D eigenvalue weighted by Gasteiger charge is 2.20. The summed E-state index contributed by atoms with van der Waals surface area (Å²) in [6, 6.07) is 0.441. The first kappa shape index (κ1) is 16.6.